The van der Waals surface area contributed by atoms with Crippen LogP contribution in [0.15, 0.2) is 54.6 Å². The minimum Gasteiger partial charge on any atom is -0.497 e. The quantitative estimate of drug-likeness (QED) is 0.603. The molecule has 3 fully saturated rings. The third kappa shape index (κ3) is 4.81. The Kier molecular flexibility index (Phi) is 6.58. The van der Waals surface area contributed by atoms with Crippen LogP contribution >= 0.6 is 0 Å². The van der Waals surface area contributed by atoms with Gasteiger partial charge in [0.2, 0.25) is 0 Å². The smallest absolute Gasteiger partial charge is 0.303 e. The van der Waals surface area contributed by atoms with E-state index in [1.54, 1.807) is 7.11 Å². The van der Waals surface area contributed by atoms with Gasteiger partial charge >= 0.3 is 5.97 Å². The van der Waals surface area contributed by atoms with Crippen molar-refractivity contribution in [3.8, 4) is 5.75 Å². The summed E-state index contributed by atoms with van der Waals surface area (Å²) in [5.74, 6) is 1.28. The van der Waals surface area contributed by atoms with Gasteiger partial charge in [0.15, 0.2) is 0 Å². The molecule has 186 valence electrons. The van der Waals surface area contributed by atoms with Gasteiger partial charge in [0.25, 0.3) is 5.91 Å². The van der Waals surface area contributed by atoms with Crippen LogP contribution < -0.4 is 10.1 Å². The Morgan fingerprint density at radius 1 is 1.06 bits per heavy atom. The van der Waals surface area contributed by atoms with Crippen molar-refractivity contribution in [2.24, 2.45) is 5.92 Å². The van der Waals surface area contributed by atoms with Crippen LogP contribution in [0.5, 0.6) is 5.75 Å². The van der Waals surface area contributed by atoms with E-state index in [1.165, 1.54) is 19.8 Å². The Morgan fingerprint density at radius 2 is 1.86 bits per heavy atom. The van der Waals surface area contributed by atoms with Gasteiger partial charge in [-0.15, -0.1) is 0 Å². The molecule has 1 amide bonds. The average Bonchev–Trinajstić information content (AvgIpc) is 3.68. The molecule has 6 nitrogen and oxygen atoms in total. The number of rotatable bonds is 7. The van der Waals surface area contributed by atoms with Gasteiger partial charge in [-0.1, -0.05) is 30.3 Å². The van der Waals surface area contributed by atoms with E-state index >= 15 is 0 Å². The number of nitrogens with one attached hydrogen (secondary N) is 1. The first kappa shape index (κ1) is 23.9. The number of likely N-dealkylation sites (tertiary alicyclic amines) is 1. The van der Waals surface area contributed by atoms with Crippen molar-refractivity contribution in [3.05, 3.63) is 65.7 Å². The first-order valence-corrected chi connectivity index (χ1v) is 12.9. The van der Waals surface area contributed by atoms with Crippen LogP contribution in [0.25, 0.3) is 0 Å². The summed E-state index contributed by atoms with van der Waals surface area (Å²) in [5, 5.41) is 3.29. The molecule has 0 unspecified atom stereocenters. The minimum atomic E-state index is -0.633. The maximum Gasteiger partial charge on any atom is 0.303 e. The first-order valence-electron chi connectivity index (χ1n) is 12.9. The highest BCUT2D eigenvalue weighted by Gasteiger charge is 2.61. The molecule has 1 N–H and O–H groups in total. The molecule has 2 saturated carbocycles. The number of benzene rings is 2. The lowest BCUT2D eigenvalue weighted by Gasteiger charge is -2.59. The summed E-state index contributed by atoms with van der Waals surface area (Å²) in [4.78, 5) is 28.0. The van der Waals surface area contributed by atoms with Gasteiger partial charge in [0.1, 0.15) is 11.4 Å². The van der Waals surface area contributed by atoms with Crippen molar-refractivity contribution in [2.75, 3.05) is 26.7 Å². The summed E-state index contributed by atoms with van der Waals surface area (Å²) >= 11 is 0. The van der Waals surface area contributed by atoms with Gasteiger partial charge < -0.3 is 14.8 Å². The van der Waals surface area contributed by atoms with Crippen LogP contribution in [0.3, 0.4) is 0 Å². The highest BCUT2D eigenvalue weighted by atomic mass is 16.6. The van der Waals surface area contributed by atoms with Gasteiger partial charge in [-0.3, -0.25) is 14.5 Å². The lowest BCUT2D eigenvalue weighted by Crippen LogP contribution is -2.68. The van der Waals surface area contributed by atoms with E-state index in [-0.39, 0.29) is 17.9 Å². The zero-order chi connectivity index (χ0) is 24.5. The average molecular weight is 477 g/mol. The molecule has 0 aromatic heterocycles. The number of esters is 1. The molecule has 0 radical (unpaired) electrons. The number of fused-ring (bicyclic) bond motifs is 1. The second kappa shape index (κ2) is 9.65. The molecule has 2 aromatic carbocycles. The number of nitrogens with zero attached hydrogens (tertiary/aromatic N) is 1. The SMILES string of the molecule is COc1cccc([C@@]23CCN(CC4CC4)C[C@@]2(OC(C)=O)CC[C@@H](NC(=O)c2ccccc2)C3)c1. The third-order valence-corrected chi connectivity index (χ3v) is 8.24. The molecule has 2 aromatic rings. The monoisotopic (exact) mass is 476 g/mol. The second-order valence-corrected chi connectivity index (χ2v) is 10.6. The summed E-state index contributed by atoms with van der Waals surface area (Å²) in [5.41, 5.74) is 0.758. The maximum absolute atomic E-state index is 13.0. The Bertz CT molecular complexity index is 1070. The fourth-order valence-corrected chi connectivity index (χ4v) is 6.41. The first-order chi connectivity index (χ1) is 16.9. The van der Waals surface area contributed by atoms with Gasteiger partial charge in [-0.05, 0) is 80.8 Å². The van der Waals surface area contributed by atoms with Crippen molar-refractivity contribution in [2.45, 2.75) is 62.5 Å². The van der Waals surface area contributed by atoms with Crippen LogP contribution in [0.1, 0.15) is 61.4 Å². The van der Waals surface area contributed by atoms with Gasteiger partial charge in [-0.2, -0.15) is 0 Å². The highest BCUT2D eigenvalue weighted by molar-refractivity contribution is 5.94. The molecule has 35 heavy (non-hydrogen) atoms. The fourth-order valence-electron chi connectivity index (χ4n) is 6.41. The lowest BCUT2D eigenvalue weighted by molar-refractivity contribution is -0.186. The topological polar surface area (TPSA) is 67.9 Å². The molecular formula is C29H36N2O4. The number of hydrogen-bond acceptors (Lipinski definition) is 5. The largest absolute Gasteiger partial charge is 0.497 e. The Labute approximate surface area is 208 Å². The minimum absolute atomic E-state index is 0.00688. The van der Waals surface area contributed by atoms with Gasteiger partial charge in [0, 0.05) is 37.0 Å². The van der Waals surface area contributed by atoms with Gasteiger partial charge in [0.05, 0.1) is 7.11 Å². The van der Waals surface area contributed by atoms with Crippen LogP contribution in [-0.4, -0.2) is 55.2 Å². The Hall–Kier alpha value is -2.86. The van der Waals surface area contributed by atoms with Crippen LogP contribution in [0, 0.1) is 5.92 Å². The molecule has 3 aliphatic rings. The Morgan fingerprint density at radius 3 is 2.57 bits per heavy atom. The van der Waals surface area contributed by atoms with E-state index in [9.17, 15) is 9.59 Å². The fraction of sp³-hybridized carbons (Fsp3) is 0.517. The molecule has 3 atom stereocenters. The zero-order valence-electron chi connectivity index (χ0n) is 20.8. The van der Waals surface area contributed by atoms with Crippen molar-refractivity contribution in [3.63, 3.8) is 0 Å². The molecule has 6 heteroatoms. The molecule has 1 heterocycles. The summed E-state index contributed by atoms with van der Waals surface area (Å²) < 4.78 is 11.9. The van der Waals surface area contributed by atoms with Crippen LogP contribution in [-0.2, 0) is 14.9 Å². The van der Waals surface area contributed by atoms with Crippen LogP contribution in [0.2, 0.25) is 0 Å². The number of piperidine rings is 1. The van der Waals surface area contributed by atoms with Crippen molar-refractivity contribution >= 4 is 11.9 Å². The molecule has 0 spiro atoms. The zero-order valence-corrected chi connectivity index (χ0v) is 20.8. The normalized spacial score (nSPS) is 28.6. The molecule has 0 bridgehead atoms. The summed E-state index contributed by atoms with van der Waals surface area (Å²) in [7, 11) is 1.68. The lowest BCUT2D eigenvalue weighted by atomic mass is 9.55. The number of carbonyl (C=O) groups excluding carboxylic acids is 2. The Balaban J connectivity index is 1.50. The van der Waals surface area contributed by atoms with E-state index in [2.05, 4.69) is 22.3 Å². The van der Waals surface area contributed by atoms with E-state index in [1.807, 2.05) is 42.5 Å². The standard InChI is InChI=1S/C29H36N2O4/c1-21(32)35-29-14-13-25(30-27(33)23-7-4-3-5-8-23)18-28(29,24-9-6-10-26(17-24)34-2)15-16-31(20-29)19-22-11-12-22/h3-10,17,22,25H,11-16,18-20H2,1-2H3,(H,30,33)/t25-,28+,29+/m1/s1. The van der Waals surface area contributed by atoms with E-state index in [4.69, 9.17) is 9.47 Å². The van der Waals surface area contributed by atoms with E-state index in [0.717, 1.165) is 56.1 Å². The van der Waals surface area contributed by atoms with E-state index in [0.29, 0.717) is 12.0 Å². The molecule has 2 aliphatic carbocycles. The molecule has 1 aliphatic heterocycles. The molecule has 5 rings (SSSR count). The van der Waals surface area contributed by atoms with Crippen molar-refractivity contribution in [1.82, 2.24) is 10.2 Å². The summed E-state index contributed by atoms with van der Waals surface area (Å²) in [6.07, 6.45) is 5.68. The van der Waals surface area contributed by atoms with Crippen molar-refractivity contribution in [1.29, 1.82) is 0 Å². The predicted octanol–water partition coefficient (Wildman–Crippen LogP) is 4.33. The summed E-state index contributed by atoms with van der Waals surface area (Å²) in [6.45, 7) is 4.29. The number of ether oxygens (including phenoxy) is 2. The molecular weight excluding hydrogens is 440 g/mol. The van der Waals surface area contributed by atoms with Gasteiger partial charge in [-0.25, -0.2) is 0 Å². The summed E-state index contributed by atoms with van der Waals surface area (Å²) in [6, 6.07) is 17.6. The van der Waals surface area contributed by atoms with Crippen LogP contribution in [0.4, 0.5) is 0 Å². The number of amides is 1. The highest BCUT2D eigenvalue weighted by Crippen LogP contribution is 2.54. The predicted molar refractivity (Wildman–Crippen MR) is 134 cm³/mol. The second-order valence-electron chi connectivity index (χ2n) is 10.6. The third-order valence-electron chi connectivity index (χ3n) is 8.24. The number of carbonyl (C=O) groups is 2. The number of hydrogen-bond donors (Lipinski definition) is 1. The maximum atomic E-state index is 13.0. The molecule has 1 saturated heterocycles. The van der Waals surface area contributed by atoms with E-state index < -0.39 is 11.0 Å². The van der Waals surface area contributed by atoms with Crippen molar-refractivity contribution < 1.29 is 19.1 Å². The number of methoxy groups -OCH3 is 1.